The van der Waals surface area contributed by atoms with E-state index in [4.69, 9.17) is 0 Å². The highest BCUT2D eigenvalue weighted by molar-refractivity contribution is 7.98. The standard InChI is InChI=1S/C15H22N2O2S/c1-11(10-20-3)8-17-15(19)14-6-4-13(5-7-14)9-16-12(2)18/h4-7,11H,8-10H2,1-3H3,(H,16,18)(H,17,19)/t11-/m1/s1. The molecule has 0 aliphatic heterocycles. The van der Waals surface area contributed by atoms with Crippen LogP contribution in [0.2, 0.25) is 0 Å². The van der Waals surface area contributed by atoms with E-state index in [9.17, 15) is 9.59 Å². The fourth-order valence-electron chi connectivity index (χ4n) is 1.71. The first kappa shape index (κ1) is 16.6. The third-order valence-electron chi connectivity index (χ3n) is 2.82. The molecule has 0 heterocycles. The van der Waals surface area contributed by atoms with E-state index in [1.165, 1.54) is 6.92 Å². The minimum atomic E-state index is -0.0606. The van der Waals surface area contributed by atoms with Crippen LogP contribution in [0, 0.1) is 5.92 Å². The molecule has 0 aromatic heterocycles. The van der Waals surface area contributed by atoms with Gasteiger partial charge in [-0.3, -0.25) is 9.59 Å². The molecule has 0 spiro atoms. The zero-order valence-corrected chi connectivity index (χ0v) is 13.0. The Bertz CT molecular complexity index is 446. The zero-order chi connectivity index (χ0) is 15.0. The van der Waals surface area contributed by atoms with Crippen molar-refractivity contribution in [3.05, 3.63) is 35.4 Å². The van der Waals surface area contributed by atoms with Gasteiger partial charge in [0.15, 0.2) is 0 Å². The largest absolute Gasteiger partial charge is 0.352 e. The Hall–Kier alpha value is -1.49. The van der Waals surface area contributed by atoms with Gasteiger partial charge in [0, 0.05) is 25.6 Å². The molecular weight excluding hydrogens is 272 g/mol. The van der Waals surface area contributed by atoms with Gasteiger partial charge in [-0.2, -0.15) is 11.8 Å². The summed E-state index contributed by atoms with van der Waals surface area (Å²) in [6.45, 7) is 4.78. The van der Waals surface area contributed by atoms with Gasteiger partial charge in [0.2, 0.25) is 5.91 Å². The van der Waals surface area contributed by atoms with Crippen molar-refractivity contribution in [2.75, 3.05) is 18.6 Å². The van der Waals surface area contributed by atoms with Gasteiger partial charge in [0.05, 0.1) is 0 Å². The highest BCUT2D eigenvalue weighted by atomic mass is 32.2. The van der Waals surface area contributed by atoms with Crippen molar-refractivity contribution in [1.29, 1.82) is 0 Å². The molecule has 0 bridgehead atoms. The Morgan fingerprint density at radius 1 is 1.20 bits per heavy atom. The lowest BCUT2D eigenvalue weighted by Gasteiger charge is -2.11. The van der Waals surface area contributed by atoms with E-state index in [1.807, 2.05) is 12.1 Å². The third-order valence-corrected chi connectivity index (χ3v) is 3.72. The molecule has 110 valence electrons. The van der Waals surface area contributed by atoms with Gasteiger partial charge < -0.3 is 10.6 Å². The van der Waals surface area contributed by atoms with Crippen molar-refractivity contribution in [1.82, 2.24) is 10.6 Å². The van der Waals surface area contributed by atoms with Crippen LogP contribution >= 0.6 is 11.8 Å². The lowest BCUT2D eigenvalue weighted by atomic mass is 10.1. The van der Waals surface area contributed by atoms with Gasteiger partial charge in [-0.1, -0.05) is 19.1 Å². The number of nitrogens with one attached hydrogen (secondary N) is 2. The number of benzene rings is 1. The van der Waals surface area contributed by atoms with E-state index in [2.05, 4.69) is 23.8 Å². The topological polar surface area (TPSA) is 58.2 Å². The molecule has 1 atom stereocenters. The number of amides is 2. The summed E-state index contributed by atoms with van der Waals surface area (Å²) in [5, 5.41) is 5.65. The average molecular weight is 294 g/mol. The first-order valence-electron chi connectivity index (χ1n) is 6.63. The highest BCUT2D eigenvalue weighted by Crippen LogP contribution is 2.06. The molecule has 1 aromatic rings. The maximum Gasteiger partial charge on any atom is 0.251 e. The number of hydrogen-bond donors (Lipinski definition) is 2. The van der Waals surface area contributed by atoms with Crippen molar-refractivity contribution < 1.29 is 9.59 Å². The maximum absolute atomic E-state index is 11.9. The predicted molar refractivity (Wildman–Crippen MR) is 83.8 cm³/mol. The van der Waals surface area contributed by atoms with Crippen LogP contribution in [0.3, 0.4) is 0 Å². The van der Waals surface area contributed by atoms with Gasteiger partial charge in [-0.25, -0.2) is 0 Å². The Morgan fingerprint density at radius 3 is 2.40 bits per heavy atom. The quantitative estimate of drug-likeness (QED) is 0.809. The number of rotatable bonds is 7. The van der Waals surface area contributed by atoms with Crippen LogP contribution in [0.25, 0.3) is 0 Å². The minimum absolute atomic E-state index is 0.0518. The molecule has 0 saturated heterocycles. The molecule has 0 aliphatic carbocycles. The molecule has 5 heteroatoms. The molecule has 20 heavy (non-hydrogen) atoms. The molecule has 2 amide bonds. The highest BCUT2D eigenvalue weighted by Gasteiger charge is 2.07. The molecule has 1 aromatic carbocycles. The second-order valence-corrected chi connectivity index (χ2v) is 5.79. The van der Waals surface area contributed by atoms with Crippen molar-refractivity contribution in [2.45, 2.75) is 20.4 Å². The van der Waals surface area contributed by atoms with Crippen molar-refractivity contribution in [3.63, 3.8) is 0 Å². The van der Waals surface area contributed by atoms with Crippen molar-refractivity contribution in [2.24, 2.45) is 5.92 Å². The molecule has 0 radical (unpaired) electrons. The molecule has 0 saturated carbocycles. The number of carbonyl (C=O) groups excluding carboxylic acids is 2. The van der Waals surface area contributed by atoms with Crippen molar-refractivity contribution >= 4 is 23.6 Å². The van der Waals surface area contributed by atoms with E-state index < -0.39 is 0 Å². The van der Waals surface area contributed by atoms with E-state index in [0.29, 0.717) is 24.6 Å². The number of hydrogen-bond acceptors (Lipinski definition) is 3. The van der Waals surface area contributed by atoms with Crippen LogP contribution in [0.1, 0.15) is 29.8 Å². The first-order valence-corrected chi connectivity index (χ1v) is 8.02. The zero-order valence-electron chi connectivity index (χ0n) is 12.2. The summed E-state index contributed by atoms with van der Waals surface area (Å²) in [5.41, 5.74) is 1.63. The van der Waals surface area contributed by atoms with Gasteiger partial charge in [0.1, 0.15) is 0 Å². The fourth-order valence-corrected chi connectivity index (χ4v) is 2.40. The van der Waals surface area contributed by atoms with E-state index in [-0.39, 0.29) is 11.8 Å². The van der Waals surface area contributed by atoms with Crippen molar-refractivity contribution in [3.8, 4) is 0 Å². The second-order valence-electron chi connectivity index (χ2n) is 4.88. The van der Waals surface area contributed by atoms with E-state index in [0.717, 1.165) is 11.3 Å². The second kappa shape index (κ2) is 8.64. The Kier molecular flexibility index (Phi) is 7.15. The van der Waals surface area contributed by atoms with Crippen LogP contribution in [0.5, 0.6) is 0 Å². The van der Waals surface area contributed by atoms with Gasteiger partial charge in [-0.05, 0) is 35.6 Å². The molecular formula is C15H22N2O2S. The molecule has 0 aliphatic rings. The maximum atomic E-state index is 11.9. The summed E-state index contributed by atoms with van der Waals surface area (Å²) in [5.74, 6) is 1.39. The summed E-state index contributed by atoms with van der Waals surface area (Å²) in [6, 6.07) is 7.28. The fraction of sp³-hybridized carbons (Fsp3) is 0.467. The predicted octanol–water partition coefficient (Wildman–Crippen LogP) is 2.05. The average Bonchev–Trinajstić information content (AvgIpc) is 2.43. The van der Waals surface area contributed by atoms with Gasteiger partial charge in [0.25, 0.3) is 5.91 Å². The van der Waals surface area contributed by atoms with E-state index in [1.54, 1.807) is 23.9 Å². The molecule has 1 rings (SSSR count). The smallest absolute Gasteiger partial charge is 0.251 e. The SMILES string of the molecule is CSC[C@H](C)CNC(=O)c1ccc(CNC(C)=O)cc1. The van der Waals surface area contributed by atoms with Gasteiger partial charge >= 0.3 is 0 Å². The van der Waals surface area contributed by atoms with Crippen LogP contribution in [0.15, 0.2) is 24.3 Å². The minimum Gasteiger partial charge on any atom is -0.352 e. The normalized spacial score (nSPS) is 11.8. The summed E-state index contributed by atoms with van der Waals surface area (Å²) >= 11 is 1.78. The lowest BCUT2D eigenvalue weighted by molar-refractivity contribution is -0.119. The number of carbonyl (C=O) groups is 2. The van der Waals surface area contributed by atoms with Crippen LogP contribution < -0.4 is 10.6 Å². The summed E-state index contributed by atoms with van der Waals surface area (Å²) in [7, 11) is 0. The Labute approximate surface area is 124 Å². The number of thioether (sulfide) groups is 1. The van der Waals surface area contributed by atoms with Crippen LogP contribution in [-0.4, -0.2) is 30.4 Å². The van der Waals surface area contributed by atoms with Gasteiger partial charge in [-0.15, -0.1) is 0 Å². The summed E-state index contributed by atoms with van der Waals surface area (Å²) < 4.78 is 0. The lowest BCUT2D eigenvalue weighted by Crippen LogP contribution is -2.29. The summed E-state index contributed by atoms with van der Waals surface area (Å²) in [4.78, 5) is 22.8. The third kappa shape index (κ3) is 6.10. The molecule has 0 fully saturated rings. The van der Waals surface area contributed by atoms with E-state index >= 15 is 0 Å². The first-order chi connectivity index (χ1) is 9.52. The molecule has 0 unspecified atom stereocenters. The molecule has 4 nitrogen and oxygen atoms in total. The summed E-state index contributed by atoms with van der Waals surface area (Å²) in [6.07, 6.45) is 2.06. The van der Waals surface area contributed by atoms with Crippen LogP contribution in [0.4, 0.5) is 0 Å². The Balaban J connectivity index is 2.46. The van der Waals surface area contributed by atoms with Crippen LogP contribution in [-0.2, 0) is 11.3 Å². The monoisotopic (exact) mass is 294 g/mol. The molecule has 2 N–H and O–H groups in total. The Morgan fingerprint density at radius 2 is 1.85 bits per heavy atom.